The summed E-state index contributed by atoms with van der Waals surface area (Å²) in [5.41, 5.74) is 3.05. The van der Waals surface area contributed by atoms with Crippen LogP contribution in [0.1, 0.15) is 43.4 Å². The average Bonchev–Trinajstić information content (AvgIpc) is 2.97. The number of rotatable bonds is 4. The number of nitrogens with zero attached hydrogens (tertiary/aromatic N) is 1. The van der Waals surface area contributed by atoms with Gasteiger partial charge in [0.05, 0.1) is 5.69 Å². The minimum atomic E-state index is -0.781. The van der Waals surface area contributed by atoms with Crippen molar-refractivity contribution in [3.63, 3.8) is 0 Å². The van der Waals surface area contributed by atoms with Crippen molar-refractivity contribution >= 4 is 33.9 Å². The third kappa shape index (κ3) is 3.29. The first-order chi connectivity index (χ1) is 18.6. The molecule has 0 bridgehead atoms. The summed E-state index contributed by atoms with van der Waals surface area (Å²) in [5, 5.41) is 1.97. The molecule has 1 amide bonds. The van der Waals surface area contributed by atoms with Crippen LogP contribution in [0.4, 0.5) is 5.69 Å². The Morgan fingerprint density at radius 2 is 1.21 bits per heavy atom. The molecule has 7 rings (SSSR count). The molecular formula is C33H21NO4. The molecule has 0 saturated carbocycles. The van der Waals surface area contributed by atoms with E-state index in [0.29, 0.717) is 28.0 Å². The summed E-state index contributed by atoms with van der Waals surface area (Å²) in [4.78, 5) is 42.0. The summed E-state index contributed by atoms with van der Waals surface area (Å²) in [7, 11) is 0. The van der Waals surface area contributed by atoms with Gasteiger partial charge < -0.3 is 4.74 Å². The Kier molecular flexibility index (Phi) is 4.98. The van der Waals surface area contributed by atoms with Crippen LogP contribution in [0.2, 0.25) is 0 Å². The topological polar surface area (TPSA) is 63.7 Å². The van der Waals surface area contributed by atoms with Gasteiger partial charge >= 0.3 is 0 Å². The summed E-state index contributed by atoms with van der Waals surface area (Å²) in [5.74, 6) is 0.0570. The van der Waals surface area contributed by atoms with Crippen LogP contribution in [0.25, 0.3) is 10.8 Å². The maximum atomic E-state index is 13.6. The molecular weight excluding hydrogens is 474 g/mol. The molecule has 1 saturated heterocycles. The highest BCUT2D eigenvalue weighted by molar-refractivity contribution is 6.28. The molecule has 2 atom stereocenters. The van der Waals surface area contributed by atoms with Crippen LogP contribution in [0.3, 0.4) is 0 Å². The Morgan fingerprint density at radius 3 is 2.00 bits per heavy atom. The summed E-state index contributed by atoms with van der Waals surface area (Å²) in [6.07, 6.45) is -0.781. The monoisotopic (exact) mass is 495 g/mol. The molecule has 0 aromatic heterocycles. The highest BCUT2D eigenvalue weighted by atomic mass is 16.5. The zero-order valence-corrected chi connectivity index (χ0v) is 20.2. The molecule has 2 unspecified atom stereocenters. The van der Waals surface area contributed by atoms with Crippen LogP contribution in [0.15, 0.2) is 115 Å². The van der Waals surface area contributed by atoms with Crippen LogP contribution in [0, 0.1) is 0 Å². The standard InChI is InChI=1S/C33H21NO4/c35-30-24-14-6-7-15-25(24)31(36)27-19-21(17-18-26(27)30)29-32(38-22-11-2-1-3-12-22)33(37)34(29)28-16-8-10-20-9-4-5-13-23(20)28/h1-19,29,32H. The van der Waals surface area contributed by atoms with E-state index in [0.717, 1.165) is 22.0 Å². The van der Waals surface area contributed by atoms with Crippen LogP contribution in [0.5, 0.6) is 5.75 Å². The van der Waals surface area contributed by atoms with Crippen molar-refractivity contribution in [2.45, 2.75) is 12.1 Å². The lowest BCUT2D eigenvalue weighted by molar-refractivity contribution is -0.135. The molecule has 5 heteroatoms. The van der Waals surface area contributed by atoms with Gasteiger partial charge in [-0.3, -0.25) is 19.3 Å². The number of ether oxygens (including phenoxy) is 1. The molecule has 0 N–H and O–H groups in total. The minimum absolute atomic E-state index is 0.166. The van der Waals surface area contributed by atoms with Crippen molar-refractivity contribution in [2.24, 2.45) is 0 Å². The van der Waals surface area contributed by atoms with Crippen molar-refractivity contribution < 1.29 is 19.1 Å². The third-order valence-electron chi connectivity index (χ3n) is 7.37. The first-order valence-electron chi connectivity index (χ1n) is 12.5. The van der Waals surface area contributed by atoms with Gasteiger partial charge in [-0.15, -0.1) is 0 Å². The summed E-state index contributed by atoms with van der Waals surface area (Å²) < 4.78 is 6.20. The fourth-order valence-electron chi connectivity index (χ4n) is 5.53. The van der Waals surface area contributed by atoms with Gasteiger partial charge in [-0.05, 0) is 41.3 Å². The molecule has 38 heavy (non-hydrogen) atoms. The lowest BCUT2D eigenvalue weighted by Crippen LogP contribution is -2.61. The molecule has 182 valence electrons. The second-order valence-corrected chi connectivity index (χ2v) is 9.51. The van der Waals surface area contributed by atoms with Crippen LogP contribution < -0.4 is 9.64 Å². The Balaban J connectivity index is 1.36. The fraction of sp³-hybridized carbons (Fsp3) is 0.0606. The van der Waals surface area contributed by atoms with E-state index in [1.54, 1.807) is 41.3 Å². The van der Waals surface area contributed by atoms with Gasteiger partial charge in [0, 0.05) is 27.6 Å². The van der Waals surface area contributed by atoms with Gasteiger partial charge in [0.15, 0.2) is 11.6 Å². The SMILES string of the molecule is O=C1c2ccccc2C(=O)c2cc(C3C(Oc4ccccc4)C(=O)N3c3cccc4ccccc34)ccc21. The Bertz CT molecular complexity index is 1770. The number of carbonyl (C=O) groups excluding carboxylic acids is 3. The summed E-state index contributed by atoms with van der Waals surface area (Å²) in [6, 6.07) is 34.7. The van der Waals surface area contributed by atoms with Crippen molar-refractivity contribution in [1.29, 1.82) is 0 Å². The zero-order valence-electron chi connectivity index (χ0n) is 20.2. The number of ketones is 2. The first kappa shape index (κ1) is 22.2. The van der Waals surface area contributed by atoms with Gasteiger partial charge in [-0.25, -0.2) is 0 Å². The first-order valence-corrected chi connectivity index (χ1v) is 12.5. The van der Waals surface area contributed by atoms with Gasteiger partial charge in [0.25, 0.3) is 5.91 Å². The van der Waals surface area contributed by atoms with E-state index in [9.17, 15) is 14.4 Å². The van der Waals surface area contributed by atoms with E-state index in [1.165, 1.54) is 0 Å². The third-order valence-corrected chi connectivity index (χ3v) is 7.37. The molecule has 1 heterocycles. The van der Waals surface area contributed by atoms with E-state index < -0.39 is 12.1 Å². The Morgan fingerprint density at radius 1 is 0.579 bits per heavy atom. The van der Waals surface area contributed by atoms with Gasteiger partial charge in [0.2, 0.25) is 6.10 Å². The second kappa shape index (κ2) is 8.53. The van der Waals surface area contributed by atoms with E-state index in [-0.39, 0.29) is 17.5 Å². The maximum absolute atomic E-state index is 13.6. The van der Waals surface area contributed by atoms with Crippen molar-refractivity contribution in [3.8, 4) is 5.75 Å². The van der Waals surface area contributed by atoms with Crippen LogP contribution in [-0.4, -0.2) is 23.6 Å². The van der Waals surface area contributed by atoms with E-state index in [4.69, 9.17) is 4.74 Å². The van der Waals surface area contributed by atoms with E-state index >= 15 is 0 Å². The number of para-hydroxylation sites is 1. The van der Waals surface area contributed by atoms with Gasteiger partial charge in [0.1, 0.15) is 11.8 Å². The summed E-state index contributed by atoms with van der Waals surface area (Å²) >= 11 is 0. The number of anilines is 1. The van der Waals surface area contributed by atoms with E-state index in [1.807, 2.05) is 78.9 Å². The minimum Gasteiger partial charge on any atom is -0.478 e. The number of amides is 1. The Labute approximate surface area is 218 Å². The molecule has 0 spiro atoms. The normalized spacial score (nSPS) is 18.1. The quantitative estimate of drug-likeness (QED) is 0.275. The van der Waals surface area contributed by atoms with E-state index in [2.05, 4.69) is 0 Å². The number of fused-ring (bicyclic) bond motifs is 3. The second-order valence-electron chi connectivity index (χ2n) is 9.51. The van der Waals surface area contributed by atoms with Gasteiger partial charge in [-0.1, -0.05) is 84.9 Å². The van der Waals surface area contributed by atoms with Crippen molar-refractivity contribution in [3.05, 3.63) is 143 Å². The number of benzene rings is 5. The summed E-state index contributed by atoms with van der Waals surface area (Å²) in [6.45, 7) is 0. The molecule has 5 aromatic carbocycles. The molecule has 1 fully saturated rings. The lowest BCUT2D eigenvalue weighted by Gasteiger charge is -2.47. The number of carbonyl (C=O) groups is 3. The maximum Gasteiger partial charge on any atom is 0.271 e. The zero-order chi connectivity index (χ0) is 25.8. The average molecular weight is 496 g/mol. The number of hydrogen-bond acceptors (Lipinski definition) is 4. The smallest absolute Gasteiger partial charge is 0.271 e. The lowest BCUT2D eigenvalue weighted by atomic mass is 9.81. The Hall–Kier alpha value is -5.03. The molecule has 1 aliphatic carbocycles. The van der Waals surface area contributed by atoms with Crippen LogP contribution in [-0.2, 0) is 4.79 Å². The number of β-lactam (4-membered cyclic amide) rings is 1. The highest BCUT2D eigenvalue weighted by Gasteiger charge is 2.51. The van der Waals surface area contributed by atoms with Crippen molar-refractivity contribution in [2.75, 3.05) is 4.90 Å². The molecule has 1 aliphatic heterocycles. The van der Waals surface area contributed by atoms with Crippen LogP contribution >= 0.6 is 0 Å². The fourth-order valence-corrected chi connectivity index (χ4v) is 5.53. The predicted molar refractivity (Wildman–Crippen MR) is 145 cm³/mol. The van der Waals surface area contributed by atoms with Gasteiger partial charge in [-0.2, -0.15) is 0 Å². The highest BCUT2D eigenvalue weighted by Crippen LogP contribution is 2.44. The molecule has 5 aromatic rings. The number of hydrogen-bond donors (Lipinski definition) is 0. The van der Waals surface area contributed by atoms with Crippen molar-refractivity contribution in [1.82, 2.24) is 0 Å². The molecule has 5 nitrogen and oxygen atoms in total. The molecule has 2 aliphatic rings. The molecule has 0 radical (unpaired) electrons. The predicted octanol–water partition coefficient (Wildman–Crippen LogP) is 6.15. The largest absolute Gasteiger partial charge is 0.478 e.